The van der Waals surface area contributed by atoms with E-state index in [-0.39, 0.29) is 11.4 Å². The van der Waals surface area contributed by atoms with Crippen LogP contribution in [0, 0.1) is 11.2 Å². The third-order valence-corrected chi connectivity index (χ3v) is 10.4. The molecule has 1 amide bonds. The lowest BCUT2D eigenvalue weighted by Crippen LogP contribution is -2.78. The molecule has 6 rings (SSSR count). The number of carbonyl (C=O) groups is 1. The minimum absolute atomic E-state index is 0.173. The highest BCUT2D eigenvalue weighted by atomic mass is 32.2. The van der Waals surface area contributed by atoms with Gasteiger partial charge >= 0.3 is 12.4 Å². The maximum atomic E-state index is 13.8. The largest absolute Gasteiger partial charge is 0.416 e. The van der Waals surface area contributed by atoms with E-state index in [0.717, 1.165) is 36.4 Å². The Balaban J connectivity index is 1.35. The van der Waals surface area contributed by atoms with Crippen LogP contribution in [0.2, 0.25) is 0 Å². The lowest BCUT2D eigenvalue weighted by Gasteiger charge is -2.72. The normalized spacial score (nSPS) is 26.3. The van der Waals surface area contributed by atoms with Gasteiger partial charge in [-0.3, -0.25) is 9.79 Å². The van der Waals surface area contributed by atoms with Gasteiger partial charge in [0.25, 0.3) is 0 Å². The highest BCUT2D eigenvalue weighted by Gasteiger charge is 2.75. The molecule has 43 heavy (non-hydrogen) atoms. The van der Waals surface area contributed by atoms with Crippen molar-refractivity contribution in [1.29, 1.82) is 0 Å². The van der Waals surface area contributed by atoms with Gasteiger partial charge in [-0.1, -0.05) is 12.1 Å². The third kappa shape index (κ3) is 5.85. The fourth-order valence-electron chi connectivity index (χ4n) is 6.24. The number of rotatable bonds is 9. The first kappa shape index (κ1) is 31.2. The number of hydrogen-bond donors (Lipinski definition) is 2. The Morgan fingerprint density at radius 2 is 1.58 bits per heavy atom. The number of nitrogens with one attached hydrogen (secondary N) is 2. The lowest BCUT2D eigenvalue weighted by atomic mass is 9.38. The Morgan fingerprint density at radius 3 is 2.12 bits per heavy atom. The number of aliphatic imine (C=N–C) groups is 1. The lowest BCUT2D eigenvalue weighted by molar-refractivity contribution is -0.151. The molecular formula is C28H29F7N4O3S. The average molecular weight is 635 g/mol. The van der Waals surface area contributed by atoms with Crippen molar-refractivity contribution in [2.45, 2.75) is 80.4 Å². The molecule has 0 radical (unpaired) electrons. The van der Waals surface area contributed by atoms with E-state index in [9.17, 15) is 43.9 Å². The molecular weight excluding hydrogens is 605 g/mol. The summed E-state index contributed by atoms with van der Waals surface area (Å²) >= 11 is 0. The molecule has 1 atom stereocenters. The zero-order valence-corrected chi connectivity index (χ0v) is 23.9. The van der Waals surface area contributed by atoms with E-state index in [1.54, 1.807) is 13.8 Å². The van der Waals surface area contributed by atoms with E-state index in [1.807, 2.05) is 0 Å². The summed E-state index contributed by atoms with van der Waals surface area (Å²) in [7, 11) is -4.23. The molecule has 3 fully saturated rings. The predicted octanol–water partition coefficient (Wildman–Crippen LogP) is 5.18. The van der Waals surface area contributed by atoms with Gasteiger partial charge in [0.1, 0.15) is 17.7 Å². The molecule has 2 aromatic rings. The van der Waals surface area contributed by atoms with Crippen LogP contribution in [0.5, 0.6) is 0 Å². The number of hydrogen-bond acceptors (Lipinski definition) is 5. The molecule has 7 nitrogen and oxygen atoms in total. The summed E-state index contributed by atoms with van der Waals surface area (Å²) in [5.41, 5.74) is -3.05. The molecule has 2 aromatic carbocycles. The fourth-order valence-corrected chi connectivity index (χ4v) is 8.00. The molecule has 2 N–H and O–H groups in total. The zero-order chi connectivity index (χ0) is 31.6. The standard InChI is InChI=1S/C28H29F7N4O3S/c1-24(2)21(22(40)36-12-11-27(30,31)32)37-23(38-24)25-14-26(15-25,16-25)39(43(41,42)20-9-7-19(29)8-10-20)13-17-3-5-18(6-4-17)28(33,34)35/h3-10,21H,11-16H2,1-2H3,(H,36,40)(H,37,38). The molecule has 4 aliphatic rings. The highest BCUT2D eigenvalue weighted by molar-refractivity contribution is 7.89. The van der Waals surface area contributed by atoms with E-state index >= 15 is 0 Å². The van der Waals surface area contributed by atoms with Gasteiger partial charge < -0.3 is 10.6 Å². The number of halogens is 7. The fraction of sp³-hybridized carbons (Fsp3) is 0.500. The minimum atomic E-state index is -4.56. The van der Waals surface area contributed by atoms with Crippen LogP contribution < -0.4 is 10.6 Å². The van der Waals surface area contributed by atoms with Crippen molar-refractivity contribution >= 4 is 21.8 Å². The summed E-state index contributed by atoms with van der Waals surface area (Å²) in [5.74, 6) is -0.816. The highest BCUT2D eigenvalue weighted by Crippen LogP contribution is 2.71. The summed E-state index contributed by atoms with van der Waals surface area (Å²) in [6.07, 6.45) is -9.27. The van der Waals surface area contributed by atoms with Gasteiger partial charge in [-0.05, 0) is 75.1 Å². The van der Waals surface area contributed by atoms with Gasteiger partial charge in [0.2, 0.25) is 15.9 Å². The van der Waals surface area contributed by atoms with Crippen LogP contribution in [-0.4, -0.2) is 54.3 Å². The van der Waals surface area contributed by atoms with Crippen LogP contribution in [-0.2, 0) is 27.5 Å². The van der Waals surface area contributed by atoms with Crippen molar-refractivity contribution < 1.29 is 43.9 Å². The smallest absolute Gasteiger partial charge is 0.360 e. The van der Waals surface area contributed by atoms with Crippen LogP contribution in [0.25, 0.3) is 0 Å². The molecule has 1 unspecified atom stereocenters. The summed E-state index contributed by atoms with van der Waals surface area (Å²) in [6, 6.07) is 7.50. The Bertz CT molecular complexity index is 1520. The molecule has 15 heteroatoms. The molecule has 234 valence electrons. The third-order valence-electron chi connectivity index (χ3n) is 8.40. The second-order valence-electron chi connectivity index (χ2n) is 12.0. The quantitative estimate of drug-likeness (QED) is 0.373. The zero-order valence-electron chi connectivity index (χ0n) is 23.1. The van der Waals surface area contributed by atoms with Crippen molar-refractivity contribution in [3.63, 3.8) is 0 Å². The Kier molecular flexibility index (Phi) is 7.39. The van der Waals surface area contributed by atoms with Gasteiger partial charge in [-0.2, -0.15) is 30.6 Å². The van der Waals surface area contributed by atoms with Crippen LogP contribution in [0.15, 0.2) is 58.4 Å². The van der Waals surface area contributed by atoms with Gasteiger partial charge in [0.05, 0.1) is 22.4 Å². The molecule has 0 aromatic heterocycles. The number of benzene rings is 2. The Labute approximate surface area is 243 Å². The van der Waals surface area contributed by atoms with Crippen LogP contribution in [0.4, 0.5) is 30.7 Å². The van der Waals surface area contributed by atoms with Crippen molar-refractivity contribution in [3.8, 4) is 0 Å². The molecule has 1 aliphatic heterocycles. The van der Waals surface area contributed by atoms with E-state index in [2.05, 4.69) is 15.6 Å². The van der Waals surface area contributed by atoms with Crippen LogP contribution >= 0.6 is 0 Å². The van der Waals surface area contributed by atoms with Gasteiger partial charge in [-0.15, -0.1) is 0 Å². The van der Waals surface area contributed by atoms with Crippen LogP contribution in [0.1, 0.15) is 50.7 Å². The van der Waals surface area contributed by atoms with E-state index in [0.29, 0.717) is 30.7 Å². The van der Waals surface area contributed by atoms with Crippen molar-refractivity contribution in [2.75, 3.05) is 6.54 Å². The SMILES string of the molecule is CC1(C)N=C(C23CC(N(Cc4ccc(C(F)(F)F)cc4)S(=O)(=O)c4ccc(F)cc4)(C2)C3)NC1C(=O)NCCC(F)(F)F. The first-order valence-electron chi connectivity index (χ1n) is 13.4. The first-order chi connectivity index (χ1) is 19.8. The van der Waals surface area contributed by atoms with Gasteiger partial charge in [-0.25, -0.2) is 12.8 Å². The second-order valence-corrected chi connectivity index (χ2v) is 13.9. The molecule has 1 heterocycles. The molecule has 3 saturated carbocycles. The average Bonchev–Trinajstić information content (AvgIpc) is 3.15. The minimum Gasteiger partial charge on any atom is -0.360 e. The summed E-state index contributed by atoms with van der Waals surface area (Å²) in [5, 5.41) is 5.34. The Hall–Kier alpha value is -3.20. The number of nitrogens with zero attached hydrogens (tertiary/aromatic N) is 2. The van der Waals surface area contributed by atoms with Crippen molar-refractivity contribution in [1.82, 2.24) is 14.9 Å². The first-order valence-corrected chi connectivity index (χ1v) is 14.9. The number of carbonyl (C=O) groups excluding carboxylic acids is 1. The van der Waals surface area contributed by atoms with E-state index < -0.39 is 75.2 Å². The topological polar surface area (TPSA) is 90.9 Å². The van der Waals surface area contributed by atoms with Crippen LogP contribution in [0.3, 0.4) is 0 Å². The number of amidine groups is 1. The summed E-state index contributed by atoms with van der Waals surface area (Å²) in [4.78, 5) is 17.2. The molecule has 0 saturated heterocycles. The van der Waals surface area contributed by atoms with E-state index in [4.69, 9.17) is 0 Å². The second kappa shape index (κ2) is 10.2. The molecule has 2 bridgehead atoms. The summed E-state index contributed by atoms with van der Waals surface area (Å²) in [6.45, 7) is 2.51. The Morgan fingerprint density at radius 1 is 1.00 bits per heavy atom. The number of alkyl halides is 6. The number of amides is 1. The number of sulfonamides is 1. The molecule has 0 spiro atoms. The molecule has 3 aliphatic carbocycles. The van der Waals surface area contributed by atoms with Crippen molar-refractivity contribution in [3.05, 3.63) is 65.5 Å². The van der Waals surface area contributed by atoms with Crippen molar-refractivity contribution in [2.24, 2.45) is 10.4 Å². The predicted molar refractivity (Wildman–Crippen MR) is 142 cm³/mol. The maximum Gasteiger partial charge on any atom is 0.416 e. The van der Waals surface area contributed by atoms with Gasteiger partial charge in [0.15, 0.2) is 0 Å². The summed E-state index contributed by atoms with van der Waals surface area (Å²) < 4.78 is 119. The monoisotopic (exact) mass is 634 g/mol. The maximum absolute atomic E-state index is 13.8. The van der Waals surface area contributed by atoms with Gasteiger partial charge in [0, 0.05) is 24.0 Å². The van der Waals surface area contributed by atoms with E-state index in [1.165, 1.54) is 16.4 Å².